The summed E-state index contributed by atoms with van der Waals surface area (Å²) in [4.78, 5) is 13.0. The van der Waals surface area contributed by atoms with E-state index in [2.05, 4.69) is 0 Å². The van der Waals surface area contributed by atoms with Gasteiger partial charge in [0, 0.05) is 15.4 Å². The maximum atomic E-state index is 10.8. The lowest BCUT2D eigenvalue weighted by Gasteiger charge is -2.04. The molecule has 0 atom stereocenters. The van der Waals surface area contributed by atoms with Crippen molar-refractivity contribution in [2.45, 2.75) is 16.7 Å². The molecule has 3 nitrogen and oxygen atoms in total. The predicted molar refractivity (Wildman–Crippen MR) is 84.8 cm³/mol. The van der Waals surface area contributed by atoms with Crippen LogP contribution in [0.15, 0.2) is 63.9 Å². The summed E-state index contributed by atoms with van der Waals surface area (Å²) in [5, 5.41) is 8.85. The number of ether oxygens (including phenoxy) is 1. The Balaban J connectivity index is 2.08. The Morgan fingerprint density at radius 3 is 2.05 bits per heavy atom. The summed E-state index contributed by atoms with van der Waals surface area (Å²) in [6.07, 6.45) is 1.66. The second kappa shape index (κ2) is 6.99. The minimum absolute atomic E-state index is 0.325. The molecule has 0 fully saturated rings. The van der Waals surface area contributed by atoms with E-state index in [1.54, 1.807) is 31.9 Å². The molecule has 0 aromatic heterocycles. The van der Waals surface area contributed by atoms with E-state index in [1.165, 1.54) is 0 Å². The molecular weight excluding hydrogens is 284 g/mol. The van der Waals surface area contributed by atoms with E-state index in [0.717, 1.165) is 21.1 Å². The number of hydrogen-bond donors (Lipinski definition) is 1. The quantitative estimate of drug-likeness (QED) is 0.835. The number of hydrogen-bond acceptors (Lipinski definition) is 3. The van der Waals surface area contributed by atoms with E-state index in [9.17, 15) is 4.79 Å². The number of methoxy groups -OCH3 is 1. The topological polar surface area (TPSA) is 46.5 Å². The highest BCUT2D eigenvalue weighted by atomic mass is 32.2. The first-order chi connectivity index (χ1) is 10.1. The van der Waals surface area contributed by atoms with Gasteiger partial charge >= 0.3 is 5.97 Å². The molecule has 2 aromatic carbocycles. The molecule has 2 aromatic rings. The molecule has 0 aliphatic rings. The third kappa shape index (κ3) is 4.39. The van der Waals surface area contributed by atoms with E-state index >= 15 is 0 Å². The highest BCUT2D eigenvalue weighted by Gasteiger charge is 2.01. The zero-order valence-electron chi connectivity index (χ0n) is 11.9. The zero-order valence-corrected chi connectivity index (χ0v) is 12.7. The van der Waals surface area contributed by atoms with Crippen LogP contribution in [0.2, 0.25) is 0 Å². The van der Waals surface area contributed by atoms with E-state index in [-0.39, 0.29) is 0 Å². The summed E-state index contributed by atoms with van der Waals surface area (Å²) in [6, 6.07) is 15.7. The monoisotopic (exact) mass is 300 g/mol. The van der Waals surface area contributed by atoms with Gasteiger partial charge < -0.3 is 9.84 Å². The summed E-state index contributed by atoms with van der Waals surface area (Å²) in [5.41, 5.74) is 1.21. The molecule has 0 saturated carbocycles. The number of carboxylic acid groups (broad SMARTS) is 1. The normalized spacial score (nSPS) is 11.2. The lowest BCUT2D eigenvalue weighted by molar-refractivity contribution is -0.132. The zero-order chi connectivity index (χ0) is 15.2. The lowest BCUT2D eigenvalue weighted by Crippen LogP contribution is -1.95. The molecule has 0 radical (unpaired) electrons. The van der Waals surface area contributed by atoms with Crippen LogP contribution in [-0.4, -0.2) is 18.2 Å². The molecule has 0 heterocycles. The van der Waals surface area contributed by atoms with E-state index in [0.29, 0.717) is 5.57 Å². The summed E-state index contributed by atoms with van der Waals surface area (Å²) in [7, 11) is 1.65. The third-order valence-electron chi connectivity index (χ3n) is 2.90. The molecule has 0 bridgehead atoms. The van der Waals surface area contributed by atoms with Gasteiger partial charge in [-0.15, -0.1) is 0 Å². The maximum Gasteiger partial charge on any atom is 0.331 e. The molecule has 0 unspecified atom stereocenters. The van der Waals surface area contributed by atoms with Crippen LogP contribution in [0.1, 0.15) is 12.5 Å². The van der Waals surface area contributed by atoms with E-state index in [4.69, 9.17) is 9.84 Å². The molecule has 0 saturated heterocycles. The summed E-state index contributed by atoms with van der Waals surface area (Å²) >= 11 is 1.65. The molecule has 4 heteroatoms. The molecule has 0 spiro atoms. The summed E-state index contributed by atoms with van der Waals surface area (Å²) in [6.45, 7) is 1.59. The number of aliphatic carboxylic acids is 1. The minimum atomic E-state index is -0.897. The average Bonchev–Trinajstić information content (AvgIpc) is 2.50. The van der Waals surface area contributed by atoms with Crippen LogP contribution in [0, 0.1) is 0 Å². The molecule has 1 N–H and O–H groups in total. The van der Waals surface area contributed by atoms with Gasteiger partial charge in [0.25, 0.3) is 0 Å². The smallest absolute Gasteiger partial charge is 0.331 e. The Morgan fingerprint density at radius 2 is 1.57 bits per heavy atom. The Morgan fingerprint density at radius 1 is 1.05 bits per heavy atom. The number of carboxylic acids is 1. The van der Waals surface area contributed by atoms with Crippen molar-refractivity contribution in [1.29, 1.82) is 0 Å². The number of benzene rings is 2. The second-order valence-corrected chi connectivity index (χ2v) is 5.63. The molecule has 21 heavy (non-hydrogen) atoms. The van der Waals surface area contributed by atoms with Gasteiger partial charge in [-0.3, -0.25) is 0 Å². The molecule has 2 rings (SSSR count). The fourth-order valence-electron chi connectivity index (χ4n) is 1.72. The van der Waals surface area contributed by atoms with Crippen LogP contribution in [0.5, 0.6) is 5.75 Å². The third-order valence-corrected chi connectivity index (χ3v) is 3.91. The van der Waals surface area contributed by atoms with E-state index in [1.807, 2.05) is 48.5 Å². The van der Waals surface area contributed by atoms with Crippen LogP contribution < -0.4 is 4.74 Å². The summed E-state index contributed by atoms with van der Waals surface area (Å²) < 4.78 is 5.13. The van der Waals surface area contributed by atoms with Gasteiger partial charge in [0.05, 0.1) is 7.11 Å². The van der Waals surface area contributed by atoms with Gasteiger partial charge in [-0.25, -0.2) is 4.79 Å². The molecule has 0 aliphatic carbocycles. The van der Waals surface area contributed by atoms with Crippen molar-refractivity contribution in [1.82, 2.24) is 0 Å². The average molecular weight is 300 g/mol. The first kappa shape index (κ1) is 15.2. The van der Waals surface area contributed by atoms with Crippen molar-refractivity contribution in [3.63, 3.8) is 0 Å². The van der Waals surface area contributed by atoms with Crippen molar-refractivity contribution in [3.8, 4) is 5.75 Å². The molecule has 0 amide bonds. The molecule has 0 aliphatic heterocycles. The second-order valence-electron chi connectivity index (χ2n) is 4.48. The Bertz CT molecular complexity index is 643. The molecule has 108 valence electrons. The van der Waals surface area contributed by atoms with Crippen molar-refractivity contribution in [2.24, 2.45) is 0 Å². The predicted octanol–water partition coefficient (Wildman–Crippen LogP) is 4.33. The van der Waals surface area contributed by atoms with Crippen LogP contribution in [0.4, 0.5) is 0 Å². The maximum absolute atomic E-state index is 10.8. The van der Waals surface area contributed by atoms with Crippen molar-refractivity contribution < 1.29 is 14.6 Å². The van der Waals surface area contributed by atoms with E-state index < -0.39 is 5.97 Å². The first-order valence-electron chi connectivity index (χ1n) is 6.42. The minimum Gasteiger partial charge on any atom is -0.497 e. The van der Waals surface area contributed by atoms with Crippen molar-refractivity contribution in [3.05, 3.63) is 59.7 Å². The highest BCUT2D eigenvalue weighted by molar-refractivity contribution is 7.99. The van der Waals surface area contributed by atoms with Gasteiger partial charge in [-0.05, 0) is 55.0 Å². The van der Waals surface area contributed by atoms with Gasteiger partial charge in [0.15, 0.2) is 0 Å². The standard InChI is InChI=1S/C17H16O3S/c1-12(17(18)19)11-13-3-7-15(8-4-13)21-16-9-5-14(20-2)6-10-16/h3-11H,1-2H3,(H,18,19)/b12-11+. The van der Waals surface area contributed by atoms with Gasteiger partial charge in [0.2, 0.25) is 0 Å². The Kier molecular flexibility index (Phi) is 5.06. The first-order valence-corrected chi connectivity index (χ1v) is 7.23. The van der Waals surface area contributed by atoms with Crippen LogP contribution in [0.25, 0.3) is 6.08 Å². The number of rotatable bonds is 5. The summed E-state index contributed by atoms with van der Waals surface area (Å²) in [5.74, 6) is -0.0596. The van der Waals surface area contributed by atoms with Crippen molar-refractivity contribution >= 4 is 23.8 Å². The van der Waals surface area contributed by atoms with Crippen LogP contribution in [0.3, 0.4) is 0 Å². The number of carbonyl (C=O) groups is 1. The fourth-order valence-corrected chi connectivity index (χ4v) is 2.54. The molecular formula is C17H16O3S. The van der Waals surface area contributed by atoms with Crippen LogP contribution in [-0.2, 0) is 4.79 Å². The fraction of sp³-hybridized carbons (Fsp3) is 0.118. The SMILES string of the molecule is COc1ccc(Sc2ccc(/C=C(\C)C(=O)O)cc2)cc1. The largest absolute Gasteiger partial charge is 0.497 e. The van der Waals surface area contributed by atoms with Gasteiger partial charge in [-0.1, -0.05) is 23.9 Å². The lowest BCUT2D eigenvalue weighted by atomic mass is 10.1. The Labute approximate surface area is 128 Å². The highest BCUT2D eigenvalue weighted by Crippen LogP contribution is 2.29. The van der Waals surface area contributed by atoms with Crippen LogP contribution >= 0.6 is 11.8 Å². The van der Waals surface area contributed by atoms with Gasteiger partial charge in [0.1, 0.15) is 5.75 Å². The van der Waals surface area contributed by atoms with Gasteiger partial charge in [-0.2, -0.15) is 0 Å². The van der Waals surface area contributed by atoms with Crippen molar-refractivity contribution in [2.75, 3.05) is 7.11 Å². The Hall–Kier alpha value is -2.20.